The van der Waals surface area contributed by atoms with Gasteiger partial charge in [-0.05, 0) is 12.8 Å². The number of nitrogens with two attached hydrogens (primary N) is 1. The van der Waals surface area contributed by atoms with Gasteiger partial charge in [0.05, 0.1) is 6.10 Å². The monoisotopic (exact) mass is 319 g/mol. The maximum absolute atomic E-state index is 11.1. The lowest BCUT2D eigenvalue weighted by atomic mass is 10.0. The summed E-state index contributed by atoms with van der Waals surface area (Å²) in [5.41, 5.74) is 5.22. The minimum Gasteiger partial charge on any atom is -0.480 e. The van der Waals surface area contributed by atoms with Gasteiger partial charge in [-0.25, -0.2) is 0 Å². The van der Waals surface area contributed by atoms with Crippen LogP contribution < -0.4 is 11.1 Å². The van der Waals surface area contributed by atoms with Crippen molar-refractivity contribution in [2.45, 2.75) is 37.1 Å². The van der Waals surface area contributed by atoms with Gasteiger partial charge in [0.1, 0.15) is 18.1 Å². The molecule has 0 spiro atoms. The number of nitrogens with one attached hydrogen (secondary N) is 1. The first kappa shape index (κ1) is 18.3. The average Bonchev–Trinajstić information content (AvgIpc) is 2.38. The van der Waals surface area contributed by atoms with Crippen molar-refractivity contribution < 1.29 is 34.8 Å². The second-order valence-electron chi connectivity index (χ2n) is 5.20. The Morgan fingerprint density at radius 3 is 2.27 bits per heavy atom. The van der Waals surface area contributed by atoms with Crippen LogP contribution in [0.5, 0.6) is 0 Å². The van der Waals surface area contributed by atoms with E-state index in [1.54, 1.807) is 4.90 Å². The van der Waals surface area contributed by atoms with Gasteiger partial charge in [0, 0.05) is 19.6 Å². The first-order valence-corrected chi connectivity index (χ1v) is 6.83. The Kier molecular flexibility index (Phi) is 6.68. The summed E-state index contributed by atoms with van der Waals surface area (Å²) in [6, 6.07) is -3.11. The van der Waals surface area contributed by atoms with Gasteiger partial charge in [0.2, 0.25) is 0 Å². The zero-order valence-corrected chi connectivity index (χ0v) is 11.9. The molecule has 1 heterocycles. The van der Waals surface area contributed by atoms with Crippen molar-refractivity contribution in [2.75, 3.05) is 19.6 Å². The molecule has 0 bridgehead atoms. The van der Waals surface area contributed by atoms with Gasteiger partial charge in [-0.3, -0.25) is 19.3 Å². The summed E-state index contributed by atoms with van der Waals surface area (Å²) in [5.74, 6) is -3.48. The predicted octanol–water partition coefficient (Wildman–Crippen LogP) is -2.65. The van der Waals surface area contributed by atoms with Crippen LogP contribution in [0.1, 0.15) is 12.8 Å². The van der Waals surface area contributed by atoms with E-state index in [1.165, 1.54) is 0 Å². The van der Waals surface area contributed by atoms with Crippen molar-refractivity contribution in [3.8, 4) is 0 Å². The van der Waals surface area contributed by atoms with E-state index >= 15 is 0 Å². The van der Waals surface area contributed by atoms with Crippen LogP contribution in [0.2, 0.25) is 0 Å². The summed E-state index contributed by atoms with van der Waals surface area (Å²) in [4.78, 5) is 34.2. The molecule has 0 aromatic carbocycles. The van der Waals surface area contributed by atoms with Gasteiger partial charge in [0.25, 0.3) is 0 Å². The lowest BCUT2D eigenvalue weighted by Gasteiger charge is -2.38. The predicted molar refractivity (Wildman–Crippen MR) is 73.3 cm³/mol. The Morgan fingerprint density at radius 2 is 1.86 bits per heavy atom. The quantitative estimate of drug-likeness (QED) is 0.249. The van der Waals surface area contributed by atoms with Gasteiger partial charge < -0.3 is 31.5 Å². The summed E-state index contributed by atoms with van der Waals surface area (Å²) < 4.78 is 0. The molecule has 1 rings (SSSR count). The third-order valence-corrected chi connectivity index (χ3v) is 3.69. The molecule has 1 aliphatic heterocycles. The molecule has 4 atom stereocenters. The standard InChI is InChI=1S/C12H21N3O7/c13-9(12(21)22)8(16)5-14-6(10(17)18)1-3-15-4-2-7(15)11(19)20/h6-9,14,16H,1-5,13H2,(H,17,18)(H,19,20)(H,21,22)/t6-,7-,8?,9-/m0/s1. The summed E-state index contributed by atoms with van der Waals surface area (Å²) in [5, 5.41) is 38.7. The topological polar surface area (TPSA) is 173 Å². The molecule has 1 fully saturated rings. The Labute approximate surface area is 126 Å². The van der Waals surface area contributed by atoms with E-state index in [1.807, 2.05) is 0 Å². The Balaban J connectivity index is 2.41. The number of carboxylic acid groups (broad SMARTS) is 3. The Hall–Kier alpha value is -1.75. The number of aliphatic carboxylic acids is 3. The summed E-state index contributed by atoms with van der Waals surface area (Å²) in [6.45, 7) is 0.588. The first-order valence-electron chi connectivity index (χ1n) is 6.83. The van der Waals surface area contributed by atoms with E-state index in [4.69, 9.17) is 21.1 Å². The lowest BCUT2D eigenvalue weighted by molar-refractivity contribution is -0.148. The molecule has 1 aliphatic rings. The number of rotatable bonds is 10. The maximum atomic E-state index is 11.1. The molecule has 0 radical (unpaired) electrons. The second-order valence-corrected chi connectivity index (χ2v) is 5.20. The normalized spacial score (nSPS) is 22.4. The summed E-state index contributed by atoms with van der Waals surface area (Å²) in [7, 11) is 0. The summed E-state index contributed by atoms with van der Waals surface area (Å²) in [6.07, 6.45) is -0.754. The maximum Gasteiger partial charge on any atom is 0.323 e. The molecule has 0 saturated carbocycles. The Morgan fingerprint density at radius 1 is 1.23 bits per heavy atom. The number of nitrogens with zero attached hydrogens (tertiary/aromatic N) is 1. The molecular formula is C12H21N3O7. The third-order valence-electron chi connectivity index (χ3n) is 3.69. The van der Waals surface area contributed by atoms with Crippen LogP contribution in [0.25, 0.3) is 0 Å². The van der Waals surface area contributed by atoms with Crippen molar-refractivity contribution in [2.24, 2.45) is 5.73 Å². The van der Waals surface area contributed by atoms with E-state index in [0.717, 1.165) is 0 Å². The molecule has 1 unspecified atom stereocenters. The van der Waals surface area contributed by atoms with Gasteiger partial charge in [0.15, 0.2) is 0 Å². The van der Waals surface area contributed by atoms with E-state index in [-0.39, 0.29) is 19.5 Å². The van der Waals surface area contributed by atoms with Crippen LogP contribution in [-0.4, -0.2) is 87.1 Å². The van der Waals surface area contributed by atoms with Crippen LogP contribution >= 0.6 is 0 Å². The lowest BCUT2D eigenvalue weighted by Crippen LogP contribution is -2.54. The van der Waals surface area contributed by atoms with E-state index in [2.05, 4.69) is 5.32 Å². The fourth-order valence-corrected chi connectivity index (χ4v) is 2.15. The minimum atomic E-state index is -1.51. The molecule has 7 N–H and O–H groups in total. The van der Waals surface area contributed by atoms with E-state index in [9.17, 15) is 19.5 Å². The summed E-state index contributed by atoms with van der Waals surface area (Å²) >= 11 is 0. The van der Waals surface area contributed by atoms with Crippen LogP contribution in [0.3, 0.4) is 0 Å². The largest absolute Gasteiger partial charge is 0.480 e. The fourth-order valence-electron chi connectivity index (χ4n) is 2.15. The van der Waals surface area contributed by atoms with Crippen LogP contribution in [0, 0.1) is 0 Å². The van der Waals surface area contributed by atoms with Gasteiger partial charge in [-0.1, -0.05) is 0 Å². The Bertz CT molecular complexity index is 409. The SMILES string of the molecule is N[C@H](C(=O)O)C(O)CN[C@@H](CCN1CC[C@H]1C(=O)O)C(=O)O. The molecule has 10 nitrogen and oxygen atoms in total. The third kappa shape index (κ3) is 4.91. The molecule has 0 amide bonds. The number of aliphatic hydroxyl groups is 1. The molecule has 126 valence electrons. The van der Waals surface area contributed by atoms with E-state index in [0.29, 0.717) is 13.0 Å². The molecule has 0 aromatic heterocycles. The van der Waals surface area contributed by atoms with Crippen molar-refractivity contribution >= 4 is 17.9 Å². The van der Waals surface area contributed by atoms with Crippen molar-refractivity contribution in [3.05, 3.63) is 0 Å². The van der Waals surface area contributed by atoms with E-state index < -0.39 is 42.1 Å². The highest BCUT2D eigenvalue weighted by molar-refractivity contribution is 5.75. The number of aliphatic hydroxyl groups excluding tert-OH is 1. The molecule has 10 heteroatoms. The molecule has 1 saturated heterocycles. The van der Waals surface area contributed by atoms with Crippen LogP contribution in [0.4, 0.5) is 0 Å². The highest BCUT2D eigenvalue weighted by Gasteiger charge is 2.34. The molecule has 0 aromatic rings. The van der Waals surface area contributed by atoms with Crippen molar-refractivity contribution in [1.82, 2.24) is 10.2 Å². The number of carbonyl (C=O) groups is 3. The van der Waals surface area contributed by atoms with Gasteiger partial charge in [-0.2, -0.15) is 0 Å². The average molecular weight is 319 g/mol. The van der Waals surface area contributed by atoms with Crippen LogP contribution in [0.15, 0.2) is 0 Å². The zero-order valence-electron chi connectivity index (χ0n) is 11.9. The van der Waals surface area contributed by atoms with Crippen molar-refractivity contribution in [1.29, 1.82) is 0 Å². The second kappa shape index (κ2) is 8.03. The van der Waals surface area contributed by atoms with Gasteiger partial charge in [-0.15, -0.1) is 0 Å². The smallest absolute Gasteiger partial charge is 0.323 e. The molecular weight excluding hydrogens is 298 g/mol. The van der Waals surface area contributed by atoms with Crippen LogP contribution in [-0.2, 0) is 14.4 Å². The molecule has 0 aliphatic carbocycles. The highest BCUT2D eigenvalue weighted by Crippen LogP contribution is 2.17. The molecule has 22 heavy (non-hydrogen) atoms. The number of likely N-dealkylation sites (tertiary alicyclic amines) is 1. The fraction of sp³-hybridized carbons (Fsp3) is 0.750. The van der Waals surface area contributed by atoms with Crippen molar-refractivity contribution in [3.63, 3.8) is 0 Å². The minimum absolute atomic E-state index is 0.133. The highest BCUT2D eigenvalue weighted by atomic mass is 16.4. The number of carboxylic acids is 3. The zero-order chi connectivity index (χ0) is 16.9. The number of hydrogen-bond acceptors (Lipinski definition) is 7. The number of hydrogen-bond donors (Lipinski definition) is 6. The first-order chi connectivity index (χ1) is 10.2. The van der Waals surface area contributed by atoms with Gasteiger partial charge >= 0.3 is 17.9 Å².